The minimum absolute atomic E-state index is 0.0541. The van der Waals surface area contributed by atoms with Gasteiger partial charge >= 0.3 is 6.61 Å². The number of pyridine rings is 1. The Morgan fingerprint density at radius 2 is 2.35 bits per heavy atom. The summed E-state index contributed by atoms with van der Waals surface area (Å²) in [6.07, 6.45) is 2.18. The second-order valence-electron chi connectivity index (χ2n) is 4.16. The molecule has 2 rings (SSSR count). The molecule has 1 aliphatic rings. The van der Waals surface area contributed by atoms with Crippen molar-refractivity contribution < 1.29 is 13.5 Å². The van der Waals surface area contributed by atoms with Crippen molar-refractivity contribution >= 4 is 5.69 Å². The topological polar surface area (TPSA) is 60.2 Å². The van der Waals surface area contributed by atoms with E-state index in [1.807, 2.05) is 6.92 Å². The first-order chi connectivity index (χ1) is 8.02. The van der Waals surface area contributed by atoms with Crippen LogP contribution >= 0.6 is 0 Å². The number of nitrogens with one attached hydrogen (secondary N) is 1. The van der Waals surface area contributed by atoms with Crippen LogP contribution in [0.2, 0.25) is 0 Å². The summed E-state index contributed by atoms with van der Waals surface area (Å²) in [7, 11) is 0. The van der Waals surface area contributed by atoms with Crippen molar-refractivity contribution in [3.63, 3.8) is 0 Å². The van der Waals surface area contributed by atoms with Gasteiger partial charge in [-0.1, -0.05) is 6.92 Å². The Bertz CT molecular complexity index is 414. The van der Waals surface area contributed by atoms with Gasteiger partial charge in [-0.05, 0) is 25.3 Å². The zero-order valence-electron chi connectivity index (χ0n) is 9.54. The molecule has 2 heterocycles. The lowest BCUT2D eigenvalue weighted by Gasteiger charge is -2.35. The highest BCUT2D eigenvalue weighted by molar-refractivity contribution is 5.53. The summed E-state index contributed by atoms with van der Waals surface area (Å²) in [5.41, 5.74) is 7.18. The number of alkyl halides is 2. The van der Waals surface area contributed by atoms with Gasteiger partial charge in [-0.2, -0.15) is 8.78 Å². The van der Waals surface area contributed by atoms with Crippen LogP contribution in [0.3, 0.4) is 0 Å². The van der Waals surface area contributed by atoms with Crippen molar-refractivity contribution in [1.82, 2.24) is 4.98 Å². The first kappa shape index (κ1) is 12.0. The molecule has 0 aliphatic carbocycles. The molecule has 0 amide bonds. The van der Waals surface area contributed by atoms with Crippen LogP contribution in [0, 0.1) is 0 Å². The van der Waals surface area contributed by atoms with E-state index in [9.17, 15) is 8.78 Å². The molecule has 1 aliphatic heterocycles. The summed E-state index contributed by atoms with van der Waals surface area (Å²) in [4.78, 5) is 4.03. The van der Waals surface area contributed by atoms with Crippen molar-refractivity contribution in [3.05, 3.63) is 17.8 Å². The van der Waals surface area contributed by atoms with E-state index in [2.05, 4.69) is 15.0 Å². The maximum atomic E-state index is 12.0. The average Bonchev–Trinajstić information content (AvgIpc) is 2.29. The third-order valence-electron chi connectivity index (χ3n) is 2.98. The van der Waals surface area contributed by atoms with Gasteiger partial charge in [0.1, 0.15) is 0 Å². The number of ether oxygens (including phenoxy) is 1. The minimum atomic E-state index is -2.85. The molecule has 0 aromatic carbocycles. The van der Waals surface area contributed by atoms with Crippen LogP contribution in [0.1, 0.15) is 25.5 Å². The standard InChI is InChI=1S/C11H15F2N3O/c1-2-11(14)6-5-7-8(16-11)3-4-9(15-7)17-10(12)13/h3-4,10,16H,2,5-6,14H2,1H3. The van der Waals surface area contributed by atoms with E-state index in [1.54, 1.807) is 6.07 Å². The largest absolute Gasteiger partial charge is 0.417 e. The van der Waals surface area contributed by atoms with Gasteiger partial charge < -0.3 is 15.8 Å². The van der Waals surface area contributed by atoms with Crippen molar-refractivity contribution in [3.8, 4) is 5.88 Å². The molecule has 94 valence electrons. The van der Waals surface area contributed by atoms with Crippen LogP contribution in [-0.4, -0.2) is 17.3 Å². The van der Waals surface area contributed by atoms with Crippen LogP contribution in [0.15, 0.2) is 12.1 Å². The van der Waals surface area contributed by atoms with Gasteiger partial charge in [0.25, 0.3) is 0 Å². The van der Waals surface area contributed by atoms with Crippen molar-refractivity contribution in [2.24, 2.45) is 5.73 Å². The normalized spacial score (nSPS) is 23.1. The maximum absolute atomic E-state index is 12.0. The third kappa shape index (κ3) is 2.63. The highest BCUT2D eigenvalue weighted by atomic mass is 19.3. The number of fused-ring (bicyclic) bond motifs is 1. The van der Waals surface area contributed by atoms with E-state index < -0.39 is 12.3 Å². The molecule has 1 atom stereocenters. The summed E-state index contributed by atoms with van der Waals surface area (Å²) in [5.74, 6) is -0.0541. The van der Waals surface area contributed by atoms with Gasteiger partial charge in [-0.15, -0.1) is 0 Å². The van der Waals surface area contributed by atoms with Crippen LogP contribution < -0.4 is 15.8 Å². The van der Waals surface area contributed by atoms with Gasteiger partial charge in [0.2, 0.25) is 5.88 Å². The van der Waals surface area contributed by atoms with Crippen molar-refractivity contribution in [2.75, 3.05) is 5.32 Å². The molecule has 4 nitrogen and oxygen atoms in total. The first-order valence-electron chi connectivity index (χ1n) is 5.54. The Morgan fingerprint density at radius 1 is 1.59 bits per heavy atom. The van der Waals surface area contributed by atoms with E-state index in [4.69, 9.17) is 5.73 Å². The zero-order valence-corrected chi connectivity index (χ0v) is 9.54. The molecule has 17 heavy (non-hydrogen) atoms. The lowest BCUT2D eigenvalue weighted by molar-refractivity contribution is -0.0529. The molecule has 3 N–H and O–H groups in total. The Morgan fingerprint density at radius 3 is 3.00 bits per heavy atom. The fourth-order valence-corrected chi connectivity index (χ4v) is 1.88. The quantitative estimate of drug-likeness (QED) is 0.853. The Balaban J connectivity index is 2.19. The summed E-state index contributed by atoms with van der Waals surface area (Å²) in [6.45, 7) is -0.846. The SMILES string of the molecule is CCC1(N)CCc2nc(OC(F)F)ccc2N1. The Labute approximate surface area is 98.2 Å². The molecule has 0 radical (unpaired) electrons. The molecular formula is C11H15F2N3O. The molecule has 0 fully saturated rings. The first-order valence-corrected chi connectivity index (χ1v) is 5.54. The van der Waals surface area contributed by atoms with E-state index in [1.165, 1.54) is 6.07 Å². The van der Waals surface area contributed by atoms with Crippen molar-refractivity contribution in [1.29, 1.82) is 0 Å². The minimum Gasteiger partial charge on any atom is -0.417 e. The Kier molecular flexibility index (Phi) is 3.15. The molecule has 0 saturated carbocycles. The van der Waals surface area contributed by atoms with Crippen LogP contribution in [0.5, 0.6) is 5.88 Å². The van der Waals surface area contributed by atoms with Gasteiger partial charge in [-0.25, -0.2) is 4.98 Å². The molecule has 0 spiro atoms. The summed E-state index contributed by atoms with van der Waals surface area (Å²) >= 11 is 0. The number of anilines is 1. The second-order valence-corrected chi connectivity index (χ2v) is 4.16. The number of hydrogen-bond acceptors (Lipinski definition) is 4. The van der Waals surface area contributed by atoms with Gasteiger partial charge in [0, 0.05) is 6.07 Å². The summed E-state index contributed by atoms with van der Waals surface area (Å²) in [5, 5.41) is 3.18. The predicted octanol–water partition coefficient (Wildman–Crippen LogP) is 2.11. The average molecular weight is 243 g/mol. The number of aromatic nitrogens is 1. The van der Waals surface area contributed by atoms with Crippen LogP contribution in [0.4, 0.5) is 14.5 Å². The third-order valence-corrected chi connectivity index (χ3v) is 2.98. The zero-order chi connectivity index (χ0) is 12.5. The number of nitrogens with two attached hydrogens (primary N) is 1. The number of nitrogens with zero attached hydrogens (tertiary/aromatic N) is 1. The number of aryl methyl sites for hydroxylation is 1. The molecule has 1 aromatic rings. The van der Waals surface area contributed by atoms with Gasteiger partial charge in [0.15, 0.2) is 0 Å². The second kappa shape index (κ2) is 4.44. The molecule has 0 saturated heterocycles. The van der Waals surface area contributed by atoms with Gasteiger partial charge in [-0.3, -0.25) is 0 Å². The van der Waals surface area contributed by atoms with Gasteiger partial charge in [0.05, 0.1) is 17.0 Å². The van der Waals surface area contributed by atoms with E-state index in [0.717, 1.165) is 24.2 Å². The predicted molar refractivity (Wildman–Crippen MR) is 60.0 cm³/mol. The van der Waals surface area contributed by atoms with E-state index in [0.29, 0.717) is 6.42 Å². The lowest BCUT2D eigenvalue weighted by Crippen LogP contribution is -2.49. The Hall–Kier alpha value is -1.43. The monoisotopic (exact) mass is 243 g/mol. The molecule has 1 unspecified atom stereocenters. The fraction of sp³-hybridized carbons (Fsp3) is 0.545. The highest BCUT2D eigenvalue weighted by Gasteiger charge is 2.28. The molecular weight excluding hydrogens is 228 g/mol. The summed E-state index contributed by atoms with van der Waals surface area (Å²) < 4.78 is 28.3. The van der Waals surface area contributed by atoms with Crippen LogP contribution in [0.25, 0.3) is 0 Å². The van der Waals surface area contributed by atoms with E-state index >= 15 is 0 Å². The lowest BCUT2D eigenvalue weighted by atomic mass is 9.95. The fourth-order valence-electron chi connectivity index (χ4n) is 1.88. The highest BCUT2D eigenvalue weighted by Crippen LogP contribution is 2.30. The summed E-state index contributed by atoms with van der Waals surface area (Å²) in [6, 6.07) is 3.09. The van der Waals surface area contributed by atoms with E-state index in [-0.39, 0.29) is 5.88 Å². The molecule has 6 heteroatoms. The van der Waals surface area contributed by atoms with Crippen LogP contribution in [-0.2, 0) is 6.42 Å². The maximum Gasteiger partial charge on any atom is 0.388 e. The molecule has 1 aromatic heterocycles. The van der Waals surface area contributed by atoms with Crippen molar-refractivity contribution in [2.45, 2.75) is 38.5 Å². The number of hydrogen-bond donors (Lipinski definition) is 2. The smallest absolute Gasteiger partial charge is 0.388 e. The number of halogens is 2. The number of rotatable bonds is 3. The molecule has 0 bridgehead atoms.